The Kier molecular flexibility index (Phi) is 7.96. The van der Waals surface area contributed by atoms with Gasteiger partial charge in [0.25, 0.3) is 0 Å². The molecule has 4 N–H and O–H groups in total. The molecule has 33 heavy (non-hydrogen) atoms. The average Bonchev–Trinajstić information content (AvgIpc) is 3.16. The van der Waals surface area contributed by atoms with E-state index in [2.05, 4.69) is 33.1 Å². The van der Waals surface area contributed by atoms with E-state index in [1.807, 2.05) is 54.6 Å². The Morgan fingerprint density at radius 3 is 2.09 bits per heavy atom. The predicted octanol–water partition coefficient (Wildman–Crippen LogP) is 5.92. The third-order valence-corrected chi connectivity index (χ3v) is 9.92. The molecule has 0 atom stereocenters. The van der Waals surface area contributed by atoms with Crippen LogP contribution >= 0.6 is 20.1 Å². The summed E-state index contributed by atoms with van der Waals surface area (Å²) >= 11 is -2.52. The van der Waals surface area contributed by atoms with Crippen LogP contribution in [0.1, 0.15) is 29.9 Å². The number of rotatable bonds is 9. The third-order valence-electron chi connectivity index (χ3n) is 5.54. The molecule has 0 radical (unpaired) electrons. The Morgan fingerprint density at radius 2 is 1.45 bits per heavy atom. The van der Waals surface area contributed by atoms with Gasteiger partial charge in [0.05, 0.1) is 0 Å². The van der Waals surface area contributed by atoms with Gasteiger partial charge >= 0.3 is 202 Å². The molecule has 0 spiro atoms. The second-order valence-electron chi connectivity index (χ2n) is 7.73. The molecule has 1 aliphatic carbocycles. The first kappa shape index (κ1) is 23.3. The van der Waals surface area contributed by atoms with Gasteiger partial charge < -0.3 is 0 Å². The number of hydrogen-bond acceptors (Lipinski definition) is 4. The maximum absolute atomic E-state index is 12.9. The van der Waals surface area contributed by atoms with Crippen molar-refractivity contribution in [2.45, 2.75) is 18.8 Å². The van der Waals surface area contributed by atoms with Crippen molar-refractivity contribution in [1.82, 2.24) is 3.53 Å². The number of amides is 2. The van der Waals surface area contributed by atoms with Crippen LogP contribution in [-0.2, 0) is 4.74 Å². The van der Waals surface area contributed by atoms with Gasteiger partial charge in [0.2, 0.25) is 0 Å². The Labute approximate surface area is 201 Å². The Bertz CT molecular complexity index is 1060. The Hall–Kier alpha value is -2.91. The number of benzene rings is 3. The maximum atomic E-state index is 12.9. The molecule has 2 amide bonds. The predicted molar refractivity (Wildman–Crippen MR) is 141 cm³/mol. The summed E-state index contributed by atoms with van der Waals surface area (Å²) in [6, 6.07) is 25.7. The summed E-state index contributed by atoms with van der Waals surface area (Å²) in [7, 11) is 0. The second kappa shape index (κ2) is 11.3. The number of hydrogen-bond donors (Lipinski definition) is 3. The van der Waals surface area contributed by atoms with Gasteiger partial charge in [0.1, 0.15) is 0 Å². The van der Waals surface area contributed by atoms with E-state index >= 15 is 0 Å². The second-order valence-corrected chi connectivity index (χ2v) is 12.4. The van der Waals surface area contributed by atoms with Crippen LogP contribution in [0.25, 0.3) is 11.1 Å². The topological polar surface area (TPSA) is 93.4 Å². The number of ether oxygens (including phenoxy) is 1. The van der Waals surface area contributed by atoms with E-state index in [4.69, 9.17) is 10.5 Å². The van der Waals surface area contributed by atoms with Gasteiger partial charge in [-0.1, -0.05) is 0 Å². The summed E-state index contributed by atoms with van der Waals surface area (Å²) in [6.07, 6.45) is 1.09. The minimum absolute atomic E-state index is 0.0132. The molecule has 7 heteroatoms. The summed E-state index contributed by atoms with van der Waals surface area (Å²) in [5.74, 6) is -0.0132. The van der Waals surface area contributed by atoms with Crippen molar-refractivity contribution in [2.75, 3.05) is 22.9 Å². The van der Waals surface area contributed by atoms with Gasteiger partial charge in [0, 0.05) is 0 Å². The molecule has 0 saturated carbocycles. The molecule has 0 saturated heterocycles. The van der Waals surface area contributed by atoms with Gasteiger partial charge in [-0.2, -0.15) is 0 Å². The van der Waals surface area contributed by atoms with Crippen molar-refractivity contribution in [3.05, 3.63) is 90.0 Å². The van der Waals surface area contributed by atoms with Crippen molar-refractivity contribution in [1.29, 1.82) is 0 Å². The molecule has 0 fully saturated rings. The molecule has 3 aromatic carbocycles. The van der Waals surface area contributed by atoms with Crippen molar-refractivity contribution >= 4 is 35.8 Å². The standard InChI is InChI=1S/C26H28IN3O3/c28-17-9-8-16-27(25(31)29-19-10-2-1-3-11-19)30-26(32)33-18-24-22-14-6-4-12-20(22)21-13-5-7-15-23(21)24/h1-7,10-15,24H,8-9,16-18,28H2,(H,29,31)(H,30,32). The average molecular weight is 557 g/mol. The van der Waals surface area contributed by atoms with E-state index in [0.717, 1.165) is 29.7 Å². The number of carbonyl (C=O) groups excluding carboxylic acids is 2. The summed E-state index contributed by atoms with van der Waals surface area (Å²) in [5, 5.41) is 2.93. The molecule has 0 aromatic heterocycles. The number of carbonyl (C=O) groups is 2. The number of para-hydroxylation sites is 1. The van der Waals surface area contributed by atoms with Gasteiger partial charge in [0.15, 0.2) is 0 Å². The van der Waals surface area contributed by atoms with Crippen molar-refractivity contribution in [3.63, 3.8) is 0 Å². The zero-order valence-electron chi connectivity index (χ0n) is 18.3. The molecule has 0 aliphatic heterocycles. The molecule has 0 unspecified atom stereocenters. The van der Waals surface area contributed by atoms with E-state index in [0.29, 0.717) is 11.0 Å². The molecule has 4 rings (SSSR count). The van der Waals surface area contributed by atoms with E-state index < -0.39 is 26.2 Å². The number of nitrogens with two attached hydrogens (primary N) is 1. The van der Waals surface area contributed by atoms with Crippen molar-refractivity contribution in [2.24, 2.45) is 5.73 Å². The molecule has 6 nitrogen and oxygen atoms in total. The number of unbranched alkanes of at least 4 members (excludes halogenated alkanes) is 1. The molecule has 3 aromatic rings. The SMILES string of the molecule is NCCCCI(NC(=O)OCC1c2ccccc2-c2ccccc21)C(=O)Nc1ccccc1. The zero-order valence-corrected chi connectivity index (χ0v) is 20.5. The summed E-state index contributed by atoms with van der Waals surface area (Å²) in [5.41, 5.74) is 11.0. The monoisotopic (exact) mass is 557 g/mol. The van der Waals surface area contributed by atoms with Crippen molar-refractivity contribution in [3.8, 4) is 11.1 Å². The first-order valence-corrected chi connectivity index (χ1v) is 14.7. The molecular formula is C26H28IN3O3. The Balaban J connectivity index is 1.40. The van der Waals surface area contributed by atoms with E-state index in [-0.39, 0.29) is 16.4 Å². The van der Waals surface area contributed by atoms with E-state index in [9.17, 15) is 9.59 Å². The third kappa shape index (κ3) is 5.72. The van der Waals surface area contributed by atoms with Gasteiger partial charge in [-0.15, -0.1) is 0 Å². The summed E-state index contributed by atoms with van der Waals surface area (Å²) in [6.45, 7) is 0.794. The molecular weight excluding hydrogens is 529 g/mol. The van der Waals surface area contributed by atoms with E-state index in [1.54, 1.807) is 0 Å². The Morgan fingerprint density at radius 1 is 0.848 bits per heavy atom. The van der Waals surface area contributed by atoms with Crippen LogP contribution in [-0.4, -0.2) is 27.6 Å². The van der Waals surface area contributed by atoms with Crippen molar-refractivity contribution < 1.29 is 14.3 Å². The van der Waals surface area contributed by atoms with E-state index in [1.165, 1.54) is 11.1 Å². The van der Waals surface area contributed by atoms with Gasteiger partial charge in [-0.25, -0.2) is 0 Å². The fraction of sp³-hybridized carbons (Fsp3) is 0.231. The van der Waals surface area contributed by atoms with Gasteiger partial charge in [-0.3, -0.25) is 0 Å². The zero-order chi connectivity index (χ0) is 23.0. The molecule has 0 heterocycles. The molecule has 0 bridgehead atoms. The number of fused-ring (bicyclic) bond motifs is 3. The van der Waals surface area contributed by atoms with Crippen LogP contribution in [0.3, 0.4) is 0 Å². The van der Waals surface area contributed by atoms with Crippen LogP contribution in [0.15, 0.2) is 78.9 Å². The molecule has 172 valence electrons. The quantitative estimate of drug-likeness (QED) is 0.0761. The van der Waals surface area contributed by atoms with Crippen LogP contribution < -0.4 is 14.6 Å². The first-order chi connectivity index (χ1) is 16.2. The summed E-state index contributed by atoms with van der Waals surface area (Å²) in [4.78, 5) is 25.6. The van der Waals surface area contributed by atoms with Crippen LogP contribution in [0.5, 0.6) is 0 Å². The molecule has 1 aliphatic rings. The normalized spacial score (nSPS) is 12.5. The van der Waals surface area contributed by atoms with Gasteiger partial charge in [-0.05, 0) is 0 Å². The summed E-state index contributed by atoms with van der Waals surface area (Å²) < 4.78 is 9.10. The number of alkyl halides is 1. The van der Waals surface area contributed by atoms with Crippen LogP contribution in [0.4, 0.5) is 15.3 Å². The minimum atomic E-state index is -2.52. The first-order valence-electron chi connectivity index (χ1n) is 11.0. The van der Waals surface area contributed by atoms with Crippen LogP contribution in [0.2, 0.25) is 0 Å². The van der Waals surface area contributed by atoms with Crippen LogP contribution in [0, 0.1) is 0 Å². The fourth-order valence-electron chi connectivity index (χ4n) is 3.96. The fourth-order valence-corrected chi connectivity index (χ4v) is 7.59. The number of nitrogens with one attached hydrogen (secondary N) is 2. The number of halogens is 1. The number of anilines is 1.